The average Bonchev–Trinajstić information content (AvgIpc) is 3.71. The van der Waals surface area contributed by atoms with E-state index in [1.807, 2.05) is 6.07 Å². The van der Waals surface area contributed by atoms with E-state index < -0.39 is 0 Å². The van der Waals surface area contributed by atoms with Crippen molar-refractivity contribution in [3.63, 3.8) is 0 Å². The molecule has 1 aromatic carbocycles. The molecule has 6 nitrogen and oxygen atoms in total. The van der Waals surface area contributed by atoms with Gasteiger partial charge < -0.3 is 14.7 Å². The van der Waals surface area contributed by atoms with Crippen LogP contribution in [0.3, 0.4) is 0 Å². The fourth-order valence-electron chi connectivity index (χ4n) is 4.47. The van der Waals surface area contributed by atoms with Crippen molar-refractivity contribution in [3.8, 4) is 0 Å². The van der Waals surface area contributed by atoms with Crippen molar-refractivity contribution >= 4 is 22.7 Å². The largest absolute Gasteiger partial charge is 0.372 e. The first-order valence-electron chi connectivity index (χ1n) is 11.2. The highest BCUT2D eigenvalue weighted by Gasteiger charge is 2.34. The molecule has 3 aliphatic rings. The minimum atomic E-state index is -0.0713. The van der Waals surface area contributed by atoms with Crippen LogP contribution in [0.4, 0.5) is 5.69 Å². The zero-order valence-corrected chi connectivity index (χ0v) is 17.1. The van der Waals surface area contributed by atoms with E-state index in [1.165, 1.54) is 18.5 Å². The second-order valence-corrected chi connectivity index (χ2v) is 8.93. The van der Waals surface area contributed by atoms with Crippen LogP contribution in [-0.4, -0.2) is 29.1 Å². The molecule has 2 aliphatic carbocycles. The number of aromatic nitrogens is 2. The maximum atomic E-state index is 13.2. The predicted molar refractivity (Wildman–Crippen MR) is 115 cm³/mol. The van der Waals surface area contributed by atoms with E-state index in [0.717, 1.165) is 61.1 Å². The molecule has 3 heterocycles. The molecule has 3 aromatic rings. The lowest BCUT2D eigenvalue weighted by molar-refractivity contribution is 0.0952. The molecule has 0 unspecified atom stereocenters. The number of carbonyl (C=O) groups is 1. The van der Waals surface area contributed by atoms with Gasteiger partial charge in [-0.2, -0.15) is 0 Å². The van der Waals surface area contributed by atoms with Crippen LogP contribution in [0.5, 0.6) is 0 Å². The summed E-state index contributed by atoms with van der Waals surface area (Å²) in [5.74, 6) is 0.788. The van der Waals surface area contributed by atoms with E-state index in [0.29, 0.717) is 29.7 Å². The quantitative estimate of drug-likeness (QED) is 0.657. The molecule has 0 atom stereocenters. The Labute approximate surface area is 175 Å². The van der Waals surface area contributed by atoms with E-state index in [1.54, 1.807) is 0 Å². The Morgan fingerprint density at radius 2 is 1.80 bits per heavy atom. The number of benzene rings is 1. The summed E-state index contributed by atoms with van der Waals surface area (Å²) >= 11 is 0. The summed E-state index contributed by atoms with van der Waals surface area (Å²) in [6.45, 7) is 2.78. The molecule has 2 aromatic heterocycles. The Morgan fingerprint density at radius 1 is 1.07 bits per heavy atom. The number of hydrogen-bond donors (Lipinski definition) is 1. The molecule has 0 radical (unpaired) electrons. The van der Waals surface area contributed by atoms with Crippen LogP contribution in [0.1, 0.15) is 77.7 Å². The number of nitrogens with zero attached hydrogens (tertiary/aromatic N) is 3. The number of nitrogens with one attached hydrogen (secondary N) is 1. The summed E-state index contributed by atoms with van der Waals surface area (Å²) in [6.07, 6.45) is 7.02. The van der Waals surface area contributed by atoms with Crippen molar-refractivity contribution in [1.29, 1.82) is 0 Å². The lowest BCUT2D eigenvalue weighted by atomic mass is 10.0. The van der Waals surface area contributed by atoms with E-state index in [9.17, 15) is 4.79 Å². The maximum Gasteiger partial charge on any atom is 0.259 e. The Bertz CT molecular complexity index is 1090. The fraction of sp³-hybridized carbons (Fsp3) is 0.458. The smallest absolute Gasteiger partial charge is 0.259 e. The first-order chi connectivity index (χ1) is 14.8. The second kappa shape index (κ2) is 7.11. The highest BCUT2D eigenvalue weighted by molar-refractivity contribution is 6.06. The van der Waals surface area contributed by atoms with Crippen molar-refractivity contribution in [2.75, 3.05) is 18.0 Å². The fourth-order valence-corrected chi connectivity index (χ4v) is 4.47. The standard InChI is InChI=1S/C24H26N4O2/c29-23(25-14-15-3-9-18(10-4-15)28-11-1-2-12-28)19-13-20(16-5-6-16)26-24-21(19)22(27-30-24)17-7-8-17/h3-4,9-10,13,16-17H,1-2,5-8,11-12,14H2,(H,25,29). The Balaban J connectivity index is 1.23. The molecule has 2 saturated carbocycles. The van der Waals surface area contributed by atoms with Gasteiger partial charge in [-0.15, -0.1) is 0 Å². The number of fused-ring (bicyclic) bond motifs is 1. The molecule has 3 fully saturated rings. The van der Waals surface area contributed by atoms with E-state index in [4.69, 9.17) is 4.52 Å². The molecule has 1 saturated heterocycles. The van der Waals surface area contributed by atoms with Gasteiger partial charge in [-0.25, -0.2) is 4.98 Å². The molecule has 1 aliphatic heterocycles. The zero-order valence-electron chi connectivity index (χ0n) is 17.1. The first kappa shape index (κ1) is 17.9. The summed E-state index contributed by atoms with van der Waals surface area (Å²) in [5.41, 5.74) is 5.42. The highest BCUT2D eigenvalue weighted by Crippen LogP contribution is 2.45. The number of carbonyl (C=O) groups excluding carboxylic acids is 1. The lowest BCUT2D eigenvalue weighted by Crippen LogP contribution is -2.23. The van der Waals surface area contributed by atoms with Gasteiger partial charge in [-0.1, -0.05) is 17.3 Å². The van der Waals surface area contributed by atoms with Crippen molar-refractivity contribution < 1.29 is 9.32 Å². The van der Waals surface area contributed by atoms with Gasteiger partial charge in [0.1, 0.15) is 0 Å². The SMILES string of the molecule is O=C(NCc1ccc(N2CCCC2)cc1)c1cc(C2CC2)nc2onc(C3CC3)c12. The van der Waals surface area contributed by atoms with Crippen LogP contribution in [-0.2, 0) is 6.54 Å². The summed E-state index contributed by atoms with van der Waals surface area (Å²) in [7, 11) is 0. The Morgan fingerprint density at radius 3 is 2.50 bits per heavy atom. The maximum absolute atomic E-state index is 13.2. The monoisotopic (exact) mass is 402 g/mol. The van der Waals surface area contributed by atoms with Gasteiger partial charge in [0, 0.05) is 42.9 Å². The van der Waals surface area contributed by atoms with Crippen LogP contribution in [0.25, 0.3) is 11.1 Å². The molecule has 1 amide bonds. The number of pyridine rings is 1. The van der Waals surface area contributed by atoms with E-state index in [2.05, 4.69) is 44.6 Å². The van der Waals surface area contributed by atoms with Gasteiger partial charge in [0.25, 0.3) is 11.6 Å². The molecule has 0 spiro atoms. The van der Waals surface area contributed by atoms with Gasteiger partial charge in [-0.3, -0.25) is 4.79 Å². The van der Waals surface area contributed by atoms with Gasteiger partial charge in [0.05, 0.1) is 16.6 Å². The van der Waals surface area contributed by atoms with Crippen LogP contribution < -0.4 is 10.2 Å². The molecular weight excluding hydrogens is 376 g/mol. The first-order valence-corrected chi connectivity index (χ1v) is 11.2. The van der Waals surface area contributed by atoms with Crippen LogP contribution >= 0.6 is 0 Å². The van der Waals surface area contributed by atoms with Crippen molar-refractivity contribution in [1.82, 2.24) is 15.5 Å². The molecule has 30 heavy (non-hydrogen) atoms. The van der Waals surface area contributed by atoms with Gasteiger partial charge in [-0.05, 0) is 62.3 Å². The molecule has 1 N–H and O–H groups in total. The van der Waals surface area contributed by atoms with Crippen LogP contribution in [0, 0.1) is 0 Å². The molecule has 154 valence electrons. The number of anilines is 1. The van der Waals surface area contributed by atoms with Crippen molar-refractivity contribution in [2.24, 2.45) is 0 Å². The summed E-state index contributed by atoms with van der Waals surface area (Å²) in [4.78, 5) is 20.3. The summed E-state index contributed by atoms with van der Waals surface area (Å²) in [5, 5.41) is 8.18. The molecule has 6 rings (SSSR count). The van der Waals surface area contributed by atoms with Crippen LogP contribution in [0.15, 0.2) is 34.9 Å². The average molecular weight is 402 g/mol. The third-order valence-electron chi connectivity index (χ3n) is 6.56. The number of hydrogen-bond acceptors (Lipinski definition) is 5. The zero-order chi connectivity index (χ0) is 20.1. The van der Waals surface area contributed by atoms with Crippen molar-refractivity contribution in [3.05, 3.63) is 52.8 Å². The molecular formula is C24H26N4O2. The Hall–Kier alpha value is -2.89. The molecule has 6 heteroatoms. The minimum absolute atomic E-state index is 0.0713. The third kappa shape index (κ3) is 3.34. The highest BCUT2D eigenvalue weighted by atomic mass is 16.5. The van der Waals surface area contributed by atoms with Crippen molar-refractivity contribution in [2.45, 2.75) is 56.9 Å². The number of rotatable bonds is 6. The van der Waals surface area contributed by atoms with Gasteiger partial charge >= 0.3 is 0 Å². The lowest BCUT2D eigenvalue weighted by Gasteiger charge is -2.17. The predicted octanol–water partition coefficient (Wildman–Crippen LogP) is 4.51. The summed E-state index contributed by atoms with van der Waals surface area (Å²) < 4.78 is 5.54. The van der Waals surface area contributed by atoms with Gasteiger partial charge in [0.15, 0.2) is 0 Å². The Kier molecular flexibility index (Phi) is 4.25. The second-order valence-electron chi connectivity index (χ2n) is 8.93. The molecule has 0 bridgehead atoms. The third-order valence-corrected chi connectivity index (χ3v) is 6.56. The van der Waals surface area contributed by atoms with Gasteiger partial charge in [0.2, 0.25) is 0 Å². The summed E-state index contributed by atoms with van der Waals surface area (Å²) in [6, 6.07) is 10.5. The van der Waals surface area contributed by atoms with E-state index >= 15 is 0 Å². The number of amides is 1. The normalized spacial score (nSPS) is 18.9. The minimum Gasteiger partial charge on any atom is -0.372 e. The topological polar surface area (TPSA) is 71.3 Å². The van der Waals surface area contributed by atoms with Crippen LogP contribution in [0.2, 0.25) is 0 Å². The van der Waals surface area contributed by atoms with E-state index in [-0.39, 0.29) is 5.91 Å².